The van der Waals surface area contributed by atoms with Crippen LogP contribution < -0.4 is 0 Å². The molecule has 0 bridgehead atoms. The molecule has 2 heteroatoms. The minimum atomic E-state index is 0. The van der Waals surface area contributed by atoms with Crippen LogP contribution in [-0.4, -0.2) is 4.98 Å². The molecule has 0 aliphatic heterocycles. The molecule has 0 saturated heterocycles. The first-order valence-corrected chi connectivity index (χ1v) is 2.94. The predicted molar refractivity (Wildman–Crippen MR) is 53.6 cm³/mol. The molecule has 0 saturated carbocycles. The van der Waals surface area contributed by atoms with Crippen molar-refractivity contribution in [3.63, 3.8) is 0 Å². The van der Waals surface area contributed by atoms with Gasteiger partial charge in [-0.1, -0.05) is 12.1 Å². The topological polar surface area (TPSA) is 12.9 Å². The Bertz CT molecular complexity index is 184. The Hall–Kier alpha value is -0.380. The lowest BCUT2D eigenvalue weighted by Gasteiger charge is -1.90. The average Bonchev–Trinajstić information content (AvgIpc) is 1.91. The molecule has 0 aliphatic rings. The van der Waals surface area contributed by atoms with Crippen molar-refractivity contribution in [1.29, 1.82) is 0 Å². The molecule has 0 unspecified atom stereocenters. The molecule has 0 aromatic carbocycles. The van der Waals surface area contributed by atoms with Gasteiger partial charge in [-0.15, -0.1) is 30.6 Å². The van der Waals surface area contributed by atoms with E-state index in [4.69, 9.17) is 0 Å². The first-order valence-electron chi connectivity index (χ1n) is 2.94. The lowest BCUT2D eigenvalue weighted by atomic mass is 10.3. The maximum absolute atomic E-state index is 4.10. The zero-order chi connectivity index (χ0) is 6.53. The molecular formula is C8H10IN. The summed E-state index contributed by atoms with van der Waals surface area (Å²) in [6.45, 7) is 3.62. The van der Waals surface area contributed by atoms with Crippen LogP contribution in [0.3, 0.4) is 0 Å². The largest absolute Gasteiger partial charge is 0.261 e. The van der Waals surface area contributed by atoms with Gasteiger partial charge in [0.2, 0.25) is 0 Å². The quantitative estimate of drug-likeness (QED) is 0.577. The van der Waals surface area contributed by atoms with Crippen molar-refractivity contribution in [3.8, 4) is 0 Å². The molecule has 1 aromatic rings. The number of aromatic nitrogens is 1. The minimum Gasteiger partial charge on any atom is -0.261 e. The van der Waals surface area contributed by atoms with Crippen LogP contribution >= 0.6 is 24.0 Å². The molecule has 54 valence electrons. The van der Waals surface area contributed by atoms with Gasteiger partial charge in [0, 0.05) is 18.3 Å². The van der Waals surface area contributed by atoms with Gasteiger partial charge in [0.1, 0.15) is 0 Å². The van der Waals surface area contributed by atoms with Crippen LogP contribution in [-0.2, 0) is 6.42 Å². The van der Waals surface area contributed by atoms with E-state index in [1.54, 1.807) is 6.20 Å². The fourth-order valence-corrected chi connectivity index (χ4v) is 0.667. The Morgan fingerprint density at radius 3 is 2.80 bits per heavy atom. The SMILES string of the molecule is C=CCc1ccccn1.I. The van der Waals surface area contributed by atoms with Crippen molar-refractivity contribution in [3.05, 3.63) is 42.7 Å². The highest BCUT2D eigenvalue weighted by atomic mass is 127. The fraction of sp³-hybridized carbons (Fsp3) is 0.125. The third-order valence-electron chi connectivity index (χ3n) is 1.08. The summed E-state index contributed by atoms with van der Waals surface area (Å²) in [5, 5.41) is 0. The van der Waals surface area contributed by atoms with Crippen molar-refractivity contribution in [2.75, 3.05) is 0 Å². The van der Waals surface area contributed by atoms with Crippen molar-refractivity contribution in [1.82, 2.24) is 4.98 Å². The van der Waals surface area contributed by atoms with E-state index in [9.17, 15) is 0 Å². The van der Waals surface area contributed by atoms with Crippen LogP contribution in [0.1, 0.15) is 5.69 Å². The number of hydrogen-bond donors (Lipinski definition) is 0. The van der Waals surface area contributed by atoms with E-state index in [1.165, 1.54) is 0 Å². The summed E-state index contributed by atoms with van der Waals surface area (Å²) in [5.41, 5.74) is 1.08. The molecule has 0 fully saturated rings. The van der Waals surface area contributed by atoms with Gasteiger partial charge in [0.15, 0.2) is 0 Å². The van der Waals surface area contributed by atoms with Crippen molar-refractivity contribution >= 4 is 24.0 Å². The summed E-state index contributed by atoms with van der Waals surface area (Å²) in [6.07, 6.45) is 4.50. The Kier molecular flexibility index (Phi) is 5.20. The second kappa shape index (κ2) is 5.41. The molecule has 0 atom stereocenters. The molecule has 1 rings (SSSR count). The van der Waals surface area contributed by atoms with Gasteiger partial charge in [-0.3, -0.25) is 4.98 Å². The highest BCUT2D eigenvalue weighted by molar-refractivity contribution is 14.0. The zero-order valence-corrected chi connectivity index (χ0v) is 7.99. The van der Waals surface area contributed by atoms with Crippen molar-refractivity contribution in [2.24, 2.45) is 0 Å². The Labute approximate surface area is 78.2 Å². The second-order valence-corrected chi connectivity index (χ2v) is 1.81. The first-order chi connectivity index (χ1) is 4.43. The first kappa shape index (κ1) is 9.62. The molecule has 1 aromatic heterocycles. The van der Waals surface area contributed by atoms with Crippen LogP contribution in [0.5, 0.6) is 0 Å². The number of nitrogens with zero attached hydrogens (tertiary/aromatic N) is 1. The lowest BCUT2D eigenvalue weighted by molar-refractivity contribution is 1.11. The van der Waals surface area contributed by atoms with Crippen LogP contribution in [0.15, 0.2) is 37.1 Å². The number of pyridine rings is 1. The molecule has 1 heterocycles. The molecule has 0 spiro atoms. The lowest BCUT2D eigenvalue weighted by Crippen LogP contribution is -1.82. The van der Waals surface area contributed by atoms with E-state index >= 15 is 0 Å². The number of allylic oxidation sites excluding steroid dienone is 1. The summed E-state index contributed by atoms with van der Waals surface area (Å²) < 4.78 is 0. The van der Waals surface area contributed by atoms with Crippen molar-refractivity contribution in [2.45, 2.75) is 6.42 Å². The van der Waals surface area contributed by atoms with Gasteiger partial charge in [-0.25, -0.2) is 0 Å². The number of rotatable bonds is 2. The smallest absolute Gasteiger partial charge is 0.0441 e. The van der Waals surface area contributed by atoms with Crippen LogP contribution in [0.25, 0.3) is 0 Å². The van der Waals surface area contributed by atoms with E-state index in [0.717, 1.165) is 12.1 Å². The molecule has 0 radical (unpaired) electrons. The summed E-state index contributed by atoms with van der Waals surface area (Å²) in [7, 11) is 0. The summed E-state index contributed by atoms with van der Waals surface area (Å²) in [5.74, 6) is 0. The number of halogens is 1. The molecule has 1 nitrogen and oxygen atoms in total. The standard InChI is InChI=1S/C8H9N.HI/c1-2-5-8-6-3-4-7-9-8;/h2-4,6-7H,1,5H2;1H. The number of hydrogen-bond acceptors (Lipinski definition) is 1. The fourth-order valence-electron chi connectivity index (χ4n) is 0.667. The third-order valence-corrected chi connectivity index (χ3v) is 1.08. The monoisotopic (exact) mass is 247 g/mol. The Balaban J connectivity index is 0.000000810. The molecular weight excluding hydrogens is 237 g/mol. The van der Waals surface area contributed by atoms with Gasteiger partial charge in [0.05, 0.1) is 0 Å². The van der Waals surface area contributed by atoms with Gasteiger partial charge in [-0.05, 0) is 12.1 Å². The highest BCUT2D eigenvalue weighted by Crippen LogP contribution is 1.93. The highest BCUT2D eigenvalue weighted by Gasteiger charge is 1.83. The maximum Gasteiger partial charge on any atom is 0.0441 e. The predicted octanol–water partition coefficient (Wildman–Crippen LogP) is 2.43. The van der Waals surface area contributed by atoms with Crippen LogP contribution in [0.2, 0.25) is 0 Å². The molecule has 10 heavy (non-hydrogen) atoms. The summed E-state index contributed by atoms with van der Waals surface area (Å²) in [6, 6.07) is 5.88. The molecule has 0 aliphatic carbocycles. The minimum absolute atomic E-state index is 0. The van der Waals surface area contributed by atoms with Crippen LogP contribution in [0, 0.1) is 0 Å². The molecule has 0 amide bonds. The van der Waals surface area contributed by atoms with Gasteiger partial charge < -0.3 is 0 Å². The van der Waals surface area contributed by atoms with E-state index in [1.807, 2.05) is 24.3 Å². The van der Waals surface area contributed by atoms with Gasteiger partial charge in [0.25, 0.3) is 0 Å². The Morgan fingerprint density at radius 2 is 2.30 bits per heavy atom. The van der Waals surface area contributed by atoms with Gasteiger partial charge >= 0.3 is 0 Å². The van der Waals surface area contributed by atoms with Crippen LogP contribution in [0.4, 0.5) is 0 Å². The van der Waals surface area contributed by atoms with E-state index in [0.29, 0.717) is 0 Å². The van der Waals surface area contributed by atoms with E-state index < -0.39 is 0 Å². The zero-order valence-electron chi connectivity index (χ0n) is 5.66. The normalized spacial score (nSPS) is 8.00. The van der Waals surface area contributed by atoms with Gasteiger partial charge in [-0.2, -0.15) is 0 Å². The van der Waals surface area contributed by atoms with E-state index in [2.05, 4.69) is 11.6 Å². The second-order valence-electron chi connectivity index (χ2n) is 1.81. The van der Waals surface area contributed by atoms with E-state index in [-0.39, 0.29) is 24.0 Å². The Morgan fingerprint density at radius 1 is 1.50 bits per heavy atom. The van der Waals surface area contributed by atoms with Crippen molar-refractivity contribution < 1.29 is 0 Å². The third kappa shape index (κ3) is 2.96. The summed E-state index contributed by atoms with van der Waals surface area (Å²) >= 11 is 0. The maximum atomic E-state index is 4.10. The summed E-state index contributed by atoms with van der Waals surface area (Å²) in [4.78, 5) is 4.10. The molecule has 0 N–H and O–H groups in total. The average molecular weight is 247 g/mol.